The van der Waals surface area contributed by atoms with Gasteiger partial charge in [-0.05, 0) is 37.1 Å². The number of aromatic nitrogens is 1. The van der Waals surface area contributed by atoms with Crippen molar-refractivity contribution < 1.29 is 13.2 Å². The van der Waals surface area contributed by atoms with E-state index in [9.17, 15) is 13.2 Å². The molecular weight excluding hydrogens is 400 g/mol. The molecule has 2 aliphatic heterocycles. The highest BCUT2D eigenvalue weighted by atomic mass is 32.2. The molecule has 0 aliphatic carbocycles. The minimum absolute atomic E-state index is 0.0332. The summed E-state index contributed by atoms with van der Waals surface area (Å²) in [6.07, 6.45) is 2.97. The molecule has 0 unspecified atom stereocenters. The first-order valence-electron chi connectivity index (χ1n) is 9.87. The van der Waals surface area contributed by atoms with E-state index in [2.05, 4.69) is 14.7 Å². The third kappa shape index (κ3) is 3.23. The largest absolute Gasteiger partial charge is 0.355 e. The molecule has 0 spiro atoms. The lowest BCUT2D eigenvalue weighted by atomic mass is 9.95. The average Bonchev–Trinajstić information content (AvgIpc) is 3.05. The van der Waals surface area contributed by atoms with E-state index in [0.29, 0.717) is 43.0 Å². The third-order valence-electron chi connectivity index (χ3n) is 5.67. The number of nitrogens with one attached hydrogen (secondary N) is 1. The number of amidine groups is 1. The number of sulfonamides is 1. The molecule has 8 heteroatoms. The maximum Gasteiger partial charge on any atom is 0.285 e. The molecule has 0 radical (unpaired) electrons. The lowest BCUT2D eigenvalue weighted by molar-refractivity contribution is -0.120. The molecule has 7 nitrogen and oxygen atoms in total. The number of para-hydroxylation sites is 1. The quantitative estimate of drug-likeness (QED) is 0.688. The zero-order valence-corrected chi connectivity index (χ0v) is 17.0. The number of benzene rings is 2. The predicted octanol–water partition coefficient (Wildman–Crippen LogP) is 3.03. The number of pyridine rings is 1. The fraction of sp³-hybridized carbons (Fsp3) is 0.227. The topological polar surface area (TPSA) is 91.7 Å². The zero-order chi connectivity index (χ0) is 20.7. The maximum atomic E-state index is 12.9. The number of carbonyl (C=O) groups excluding carboxylic acids is 1. The highest BCUT2D eigenvalue weighted by Crippen LogP contribution is 2.30. The van der Waals surface area contributed by atoms with Crippen LogP contribution in [0.25, 0.3) is 10.9 Å². The number of hydrogen-bond donors (Lipinski definition) is 1. The molecule has 0 atom stereocenters. The monoisotopic (exact) mass is 420 g/mol. The van der Waals surface area contributed by atoms with E-state index in [-0.39, 0.29) is 16.7 Å². The molecule has 2 aromatic carbocycles. The maximum absolute atomic E-state index is 12.9. The zero-order valence-electron chi connectivity index (χ0n) is 16.2. The molecule has 1 fully saturated rings. The Balaban J connectivity index is 1.29. The first kappa shape index (κ1) is 18.7. The van der Waals surface area contributed by atoms with Crippen LogP contribution < -0.4 is 5.32 Å². The average molecular weight is 420 g/mol. The first-order valence-corrected chi connectivity index (χ1v) is 11.3. The molecule has 0 saturated carbocycles. The van der Waals surface area contributed by atoms with Crippen LogP contribution in [0.15, 0.2) is 70.1 Å². The smallest absolute Gasteiger partial charge is 0.285 e. The normalized spacial score (nSPS) is 18.1. The molecule has 1 N–H and O–H groups in total. The molecular formula is C22H20N4O3S. The first-order chi connectivity index (χ1) is 14.5. The molecule has 1 saturated heterocycles. The van der Waals surface area contributed by atoms with Gasteiger partial charge in [-0.15, -0.1) is 4.40 Å². The Morgan fingerprint density at radius 1 is 1.00 bits per heavy atom. The standard InChI is InChI=1S/C22H20N4O3S/c27-22(24-18-8-3-5-15-6-4-12-23-20(15)18)16-10-13-26(14-11-16)21-17-7-1-2-9-19(17)30(28,29)25-21/h1-9,12,16H,10-11,13-14H2,(H,24,27). The van der Waals surface area contributed by atoms with Gasteiger partial charge in [0.1, 0.15) is 4.90 Å². The van der Waals surface area contributed by atoms with Gasteiger partial charge in [0.05, 0.1) is 11.2 Å². The van der Waals surface area contributed by atoms with Crippen molar-refractivity contribution in [3.05, 3.63) is 66.4 Å². The Kier molecular flexibility index (Phi) is 4.51. The molecule has 1 aromatic heterocycles. The number of rotatable bonds is 2. The van der Waals surface area contributed by atoms with Crippen molar-refractivity contribution in [3.63, 3.8) is 0 Å². The Bertz CT molecular complexity index is 1270. The SMILES string of the molecule is O=C(Nc1cccc2cccnc12)C1CCN(C2=NS(=O)(=O)c3ccccc32)CC1. The lowest BCUT2D eigenvalue weighted by Crippen LogP contribution is -2.41. The molecule has 0 bridgehead atoms. The summed E-state index contributed by atoms with van der Waals surface area (Å²) in [4.78, 5) is 19.5. The second kappa shape index (κ2) is 7.21. The van der Waals surface area contributed by atoms with Gasteiger partial charge in [0, 0.05) is 36.2 Å². The fourth-order valence-electron chi connectivity index (χ4n) is 4.11. The van der Waals surface area contributed by atoms with Gasteiger partial charge < -0.3 is 10.2 Å². The van der Waals surface area contributed by atoms with Crippen molar-refractivity contribution in [2.45, 2.75) is 17.7 Å². The number of likely N-dealkylation sites (tertiary alicyclic amines) is 1. The second-order valence-electron chi connectivity index (χ2n) is 7.52. The Hall–Kier alpha value is -3.26. The Morgan fingerprint density at radius 3 is 2.60 bits per heavy atom. The van der Waals surface area contributed by atoms with Crippen molar-refractivity contribution >= 4 is 38.4 Å². The van der Waals surface area contributed by atoms with Crippen LogP contribution in [0, 0.1) is 5.92 Å². The van der Waals surface area contributed by atoms with Gasteiger partial charge >= 0.3 is 0 Å². The number of carbonyl (C=O) groups is 1. The van der Waals surface area contributed by atoms with Crippen molar-refractivity contribution in [1.29, 1.82) is 0 Å². The molecule has 5 rings (SSSR count). The second-order valence-corrected chi connectivity index (χ2v) is 9.09. The van der Waals surface area contributed by atoms with E-state index in [1.54, 1.807) is 24.4 Å². The molecule has 3 heterocycles. The van der Waals surface area contributed by atoms with Crippen LogP contribution in [0.5, 0.6) is 0 Å². The van der Waals surface area contributed by atoms with E-state index in [1.807, 2.05) is 41.3 Å². The van der Waals surface area contributed by atoms with E-state index in [0.717, 1.165) is 10.9 Å². The third-order valence-corrected chi connectivity index (χ3v) is 6.99. The summed E-state index contributed by atoms with van der Waals surface area (Å²) in [7, 11) is -3.64. The summed E-state index contributed by atoms with van der Waals surface area (Å²) >= 11 is 0. The van der Waals surface area contributed by atoms with Crippen molar-refractivity contribution in [2.75, 3.05) is 18.4 Å². The summed E-state index contributed by atoms with van der Waals surface area (Å²) in [6, 6.07) is 16.4. The van der Waals surface area contributed by atoms with Crippen LogP contribution in [-0.2, 0) is 14.8 Å². The van der Waals surface area contributed by atoms with Crippen LogP contribution in [-0.4, -0.2) is 43.1 Å². The van der Waals surface area contributed by atoms with Crippen LogP contribution >= 0.6 is 0 Å². The van der Waals surface area contributed by atoms with Crippen molar-refractivity contribution in [1.82, 2.24) is 9.88 Å². The van der Waals surface area contributed by atoms with E-state index in [4.69, 9.17) is 0 Å². The molecule has 152 valence electrons. The number of nitrogens with zero attached hydrogens (tertiary/aromatic N) is 3. The minimum atomic E-state index is -3.64. The summed E-state index contributed by atoms with van der Waals surface area (Å²) in [5.41, 5.74) is 2.12. The van der Waals surface area contributed by atoms with Gasteiger partial charge in [0.15, 0.2) is 5.84 Å². The van der Waals surface area contributed by atoms with E-state index >= 15 is 0 Å². The van der Waals surface area contributed by atoms with Crippen LogP contribution in [0.2, 0.25) is 0 Å². The number of anilines is 1. The molecule has 3 aromatic rings. The molecule has 2 aliphatic rings. The molecule has 1 amide bonds. The summed E-state index contributed by atoms with van der Waals surface area (Å²) in [6.45, 7) is 1.16. The number of piperidine rings is 1. The van der Waals surface area contributed by atoms with E-state index < -0.39 is 10.0 Å². The lowest BCUT2D eigenvalue weighted by Gasteiger charge is -2.32. The molecule has 30 heavy (non-hydrogen) atoms. The van der Waals surface area contributed by atoms with Gasteiger partial charge in [0.25, 0.3) is 10.0 Å². The fourth-order valence-corrected chi connectivity index (χ4v) is 5.34. The van der Waals surface area contributed by atoms with Gasteiger partial charge in [0.2, 0.25) is 5.91 Å². The van der Waals surface area contributed by atoms with Gasteiger partial charge in [-0.25, -0.2) is 0 Å². The van der Waals surface area contributed by atoms with Crippen LogP contribution in [0.3, 0.4) is 0 Å². The summed E-state index contributed by atoms with van der Waals surface area (Å²) in [5.74, 6) is 0.311. The highest BCUT2D eigenvalue weighted by molar-refractivity contribution is 7.90. The number of fused-ring (bicyclic) bond motifs is 2. The van der Waals surface area contributed by atoms with Gasteiger partial charge in [-0.1, -0.05) is 30.3 Å². The highest BCUT2D eigenvalue weighted by Gasteiger charge is 2.34. The van der Waals surface area contributed by atoms with Crippen LogP contribution in [0.4, 0.5) is 5.69 Å². The Labute approximate surface area is 174 Å². The predicted molar refractivity (Wildman–Crippen MR) is 115 cm³/mol. The number of amides is 1. The van der Waals surface area contributed by atoms with Crippen LogP contribution in [0.1, 0.15) is 18.4 Å². The van der Waals surface area contributed by atoms with Gasteiger partial charge in [-0.3, -0.25) is 9.78 Å². The van der Waals surface area contributed by atoms with E-state index in [1.165, 1.54) is 0 Å². The Morgan fingerprint density at radius 2 is 1.77 bits per heavy atom. The van der Waals surface area contributed by atoms with Crippen molar-refractivity contribution in [3.8, 4) is 0 Å². The summed E-state index contributed by atoms with van der Waals surface area (Å²) < 4.78 is 28.6. The summed E-state index contributed by atoms with van der Waals surface area (Å²) in [5, 5.41) is 4.00. The number of hydrogen-bond acceptors (Lipinski definition) is 5. The van der Waals surface area contributed by atoms with Crippen molar-refractivity contribution in [2.24, 2.45) is 10.3 Å². The minimum Gasteiger partial charge on any atom is -0.355 e. The van der Waals surface area contributed by atoms with Gasteiger partial charge in [-0.2, -0.15) is 8.42 Å².